The summed E-state index contributed by atoms with van der Waals surface area (Å²) in [7, 11) is 1.51. The zero-order valence-corrected chi connectivity index (χ0v) is 6.40. The fourth-order valence-corrected chi connectivity index (χ4v) is 0.334. The molecule has 10 heavy (non-hydrogen) atoms. The van der Waals surface area contributed by atoms with Gasteiger partial charge in [0.15, 0.2) is 0 Å². The van der Waals surface area contributed by atoms with Crippen molar-refractivity contribution < 1.29 is 4.74 Å². The van der Waals surface area contributed by atoms with E-state index in [1.165, 1.54) is 19.8 Å². The SMILES string of the molecule is CC.COc1ncncn1. The average molecular weight is 141 g/mol. The molecule has 4 heteroatoms. The number of aromatic nitrogens is 3. The van der Waals surface area contributed by atoms with Gasteiger partial charge in [0.2, 0.25) is 0 Å². The lowest BCUT2D eigenvalue weighted by atomic mass is 11.0. The second-order valence-corrected chi connectivity index (χ2v) is 1.12. The number of hydrogen-bond acceptors (Lipinski definition) is 4. The number of nitrogens with zero attached hydrogens (tertiary/aromatic N) is 3. The van der Waals surface area contributed by atoms with Crippen LogP contribution in [0, 0.1) is 0 Å². The number of ether oxygens (including phenoxy) is 1. The van der Waals surface area contributed by atoms with E-state index < -0.39 is 0 Å². The first-order valence-electron chi connectivity index (χ1n) is 3.09. The van der Waals surface area contributed by atoms with Crippen LogP contribution in [-0.2, 0) is 0 Å². The molecule has 0 N–H and O–H groups in total. The first kappa shape index (κ1) is 8.81. The van der Waals surface area contributed by atoms with E-state index in [1.807, 2.05) is 13.8 Å². The molecule has 1 aromatic heterocycles. The third-order valence-corrected chi connectivity index (χ3v) is 0.652. The van der Waals surface area contributed by atoms with Crippen molar-refractivity contribution in [3.8, 4) is 6.01 Å². The number of hydrogen-bond donors (Lipinski definition) is 0. The Morgan fingerprint density at radius 3 is 2.00 bits per heavy atom. The summed E-state index contributed by atoms with van der Waals surface area (Å²) in [5.74, 6) is 0. The molecular weight excluding hydrogens is 130 g/mol. The first-order chi connectivity index (χ1) is 4.93. The van der Waals surface area contributed by atoms with Crippen molar-refractivity contribution in [3.63, 3.8) is 0 Å². The van der Waals surface area contributed by atoms with E-state index in [0.29, 0.717) is 6.01 Å². The van der Waals surface area contributed by atoms with Crippen molar-refractivity contribution in [1.82, 2.24) is 15.0 Å². The van der Waals surface area contributed by atoms with Gasteiger partial charge in [-0.3, -0.25) is 0 Å². The van der Waals surface area contributed by atoms with Gasteiger partial charge in [-0.1, -0.05) is 13.8 Å². The fraction of sp³-hybridized carbons (Fsp3) is 0.500. The minimum atomic E-state index is 0.347. The van der Waals surface area contributed by atoms with Gasteiger partial charge in [-0.15, -0.1) is 0 Å². The molecule has 0 aliphatic heterocycles. The molecule has 0 aliphatic carbocycles. The Labute approximate surface area is 60.3 Å². The lowest BCUT2D eigenvalue weighted by Crippen LogP contribution is -1.89. The molecular formula is C6H11N3O. The summed E-state index contributed by atoms with van der Waals surface area (Å²) in [4.78, 5) is 10.9. The zero-order chi connectivity index (χ0) is 7.82. The third kappa shape index (κ3) is 2.96. The fourth-order valence-electron chi connectivity index (χ4n) is 0.334. The Balaban J connectivity index is 0.000000371. The van der Waals surface area contributed by atoms with Gasteiger partial charge in [0.05, 0.1) is 7.11 Å². The Hall–Kier alpha value is -1.19. The molecule has 0 aromatic carbocycles. The summed E-state index contributed by atoms with van der Waals surface area (Å²) in [6, 6.07) is 0.347. The molecule has 4 nitrogen and oxygen atoms in total. The standard InChI is InChI=1S/C4H5N3O.C2H6/c1-8-4-6-2-5-3-7-4;1-2/h2-3H,1H3;1-2H3. The maximum Gasteiger partial charge on any atom is 0.319 e. The van der Waals surface area contributed by atoms with Gasteiger partial charge in [-0.05, 0) is 0 Å². The first-order valence-corrected chi connectivity index (χ1v) is 3.09. The number of methoxy groups -OCH3 is 1. The summed E-state index contributed by atoms with van der Waals surface area (Å²) in [6.45, 7) is 4.00. The van der Waals surface area contributed by atoms with E-state index in [0.717, 1.165) is 0 Å². The highest BCUT2D eigenvalue weighted by Crippen LogP contribution is 1.90. The predicted octanol–water partition coefficient (Wildman–Crippen LogP) is 0.906. The molecule has 0 unspecified atom stereocenters. The minimum absolute atomic E-state index is 0.347. The maximum atomic E-state index is 4.65. The molecule has 0 saturated carbocycles. The van der Waals surface area contributed by atoms with Gasteiger partial charge < -0.3 is 4.74 Å². The van der Waals surface area contributed by atoms with E-state index in [1.54, 1.807) is 0 Å². The van der Waals surface area contributed by atoms with Gasteiger partial charge in [0.25, 0.3) is 0 Å². The number of rotatable bonds is 1. The minimum Gasteiger partial charge on any atom is -0.467 e. The monoisotopic (exact) mass is 141 g/mol. The quantitative estimate of drug-likeness (QED) is 0.583. The van der Waals surface area contributed by atoms with Crippen LogP contribution in [-0.4, -0.2) is 22.1 Å². The second kappa shape index (κ2) is 5.94. The topological polar surface area (TPSA) is 47.9 Å². The van der Waals surface area contributed by atoms with Gasteiger partial charge in [-0.2, -0.15) is 9.97 Å². The van der Waals surface area contributed by atoms with Crippen molar-refractivity contribution in [3.05, 3.63) is 12.7 Å². The zero-order valence-electron chi connectivity index (χ0n) is 6.40. The Morgan fingerprint density at radius 2 is 1.70 bits per heavy atom. The maximum absolute atomic E-state index is 4.65. The van der Waals surface area contributed by atoms with E-state index in [2.05, 4.69) is 19.7 Å². The molecule has 0 atom stereocenters. The highest BCUT2D eigenvalue weighted by Gasteiger charge is 1.85. The second-order valence-electron chi connectivity index (χ2n) is 1.12. The van der Waals surface area contributed by atoms with Crippen molar-refractivity contribution in [2.45, 2.75) is 13.8 Å². The van der Waals surface area contributed by atoms with Crippen LogP contribution in [0.3, 0.4) is 0 Å². The van der Waals surface area contributed by atoms with Crippen LogP contribution in [0.15, 0.2) is 12.7 Å². The van der Waals surface area contributed by atoms with E-state index in [-0.39, 0.29) is 0 Å². The van der Waals surface area contributed by atoms with Crippen LogP contribution in [0.1, 0.15) is 13.8 Å². The van der Waals surface area contributed by atoms with Crippen LogP contribution in [0.4, 0.5) is 0 Å². The Bertz CT molecular complexity index is 154. The molecule has 56 valence electrons. The van der Waals surface area contributed by atoms with Crippen molar-refractivity contribution in [2.24, 2.45) is 0 Å². The highest BCUT2D eigenvalue weighted by molar-refractivity contribution is 4.85. The summed E-state index contributed by atoms with van der Waals surface area (Å²) in [5, 5.41) is 0. The molecule has 0 bridgehead atoms. The van der Waals surface area contributed by atoms with Crippen LogP contribution < -0.4 is 4.74 Å². The summed E-state index contributed by atoms with van der Waals surface area (Å²) < 4.78 is 4.65. The predicted molar refractivity (Wildman–Crippen MR) is 37.7 cm³/mol. The Kier molecular flexibility index (Phi) is 5.23. The third-order valence-electron chi connectivity index (χ3n) is 0.652. The molecule has 1 rings (SSSR count). The smallest absolute Gasteiger partial charge is 0.319 e. The lowest BCUT2D eigenvalue weighted by molar-refractivity contribution is 0.378. The van der Waals surface area contributed by atoms with Crippen LogP contribution >= 0.6 is 0 Å². The van der Waals surface area contributed by atoms with Gasteiger partial charge in [0, 0.05) is 0 Å². The summed E-state index contributed by atoms with van der Waals surface area (Å²) >= 11 is 0. The molecule has 0 spiro atoms. The average Bonchev–Trinajstić information content (AvgIpc) is 2.10. The van der Waals surface area contributed by atoms with E-state index in [4.69, 9.17) is 0 Å². The molecule has 0 aliphatic rings. The van der Waals surface area contributed by atoms with Gasteiger partial charge >= 0.3 is 6.01 Å². The molecule has 0 saturated heterocycles. The van der Waals surface area contributed by atoms with E-state index in [9.17, 15) is 0 Å². The van der Waals surface area contributed by atoms with Crippen molar-refractivity contribution in [1.29, 1.82) is 0 Å². The van der Waals surface area contributed by atoms with Gasteiger partial charge in [0.1, 0.15) is 12.7 Å². The summed E-state index contributed by atoms with van der Waals surface area (Å²) in [6.07, 6.45) is 2.76. The summed E-state index contributed by atoms with van der Waals surface area (Å²) in [5.41, 5.74) is 0. The van der Waals surface area contributed by atoms with Gasteiger partial charge in [-0.25, -0.2) is 4.98 Å². The van der Waals surface area contributed by atoms with Crippen molar-refractivity contribution in [2.75, 3.05) is 7.11 Å². The molecule has 0 fully saturated rings. The molecule has 0 radical (unpaired) electrons. The van der Waals surface area contributed by atoms with Crippen LogP contribution in [0.2, 0.25) is 0 Å². The largest absolute Gasteiger partial charge is 0.467 e. The van der Waals surface area contributed by atoms with Crippen molar-refractivity contribution >= 4 is 0 Å². The molecule has 0 amide bonds. The molecule has 1 aromatic rings. The Morgan fingerprint density at radius 1 is 1.20 bits per heavy atom. The van der Waals surface area contributed by atoms with Crippen LogP contribution in [0.25, 0.3) is 0 Å². The highest BCUT2D eigenvalue weighted by atomic mass is 16.5. The molecule has 1 heterocycles. The normalized spacial score (nSPS) is 7.50. The lowest BCUT2D eigenvalue weighted by Gasteiger charge is -1.90. The van der Waals surface area contributed by atoms with Crippen LogP contribution in [0.5, 0.6) is 6.01 Å². The van der Waals surface area contributed by atoms with E-state index >= 15 is 0 Å².